The zero-order chi connectivity index (χ0) is 9.68. The number of aromatic nitrogens is 1. The van der Waals surface area contributed by atoms with Crippen LogP contribution in [0, 0.1) is 12.3 Å². The summed E-state index contributed by atoms with van der Waals surface area (Å²) in [5.74, 6) is 2.34. The fourth-order valence-corrected chi connectivity index (χ4v) is 0.969. The van der Waals surface area contributed by atoms with E-state index in [4.69, 9.17) is 6.42 Å². The summed E-state index contributed by atoms with van der Waals surface area (Å²) in [6.07, 6.45) is 7.65. The van der Waals surface area contributed by atoms with Crippen molar-refractivity contribution >= 4 is 5.91 Å². The molecule has 0 aliphatic rings. The van der Waals surface area contributed by atoms with Gasteiger partial charge >= 0.3 is 0 Å². The molecule has 0 aliphatic carbocycles. The highest BCUT2D eigenvalue weighted by Gasteiger charge is 2.09. The van der Waals surface area contributed by atoms with E-state index in [0.29, 0.717) is 5.69 Å². The number of terminal acetylenes is 1. The van der Waals surface area contributed by atoms with E-state index in [9.17, 15) is 4.79 Å². The van der Waals surface area contributed by atoms with E-state index in [0.717, 1.165) is 6.42 Å². The minimum Gasteiger partial charge on any atom is -0.357 e. The number of nitrogens with one attached hydrogen (secondary N) is 2. The maximum Gasteiger partial charge on any atom is 0.268 e. The Hall–Kier alpha value is -1.69. The molecular formula is C10H12N2O. The molecule has 0 aromatic carbocycles. The first-order valence-corrected chi connectivity index (χ1v) is 4.18. The van der Waals surface area contributed by atoms with Gasteiger partial charge in [0.2, 0.25) is 0 Å². The van der Waals surface area contributed by atoms with Gasteiger partial charge in [0.05, 0.1) is 6.04 Å². The standard InChI is InChI=1S/C10H12N2O/c1-3-8(4-2)12-10(13)9-6-5-7-11-9/h1,5-8,11H,4H2,2H3,(H,12,13). The van der Waals surface area contributed by atoms with Crippen molar-refractivity contribution in [3.8, 4) is 12.3 Å². The fraction of sp³-hybridized carbons (Fsp3) is 0.300. The Labute approximate surface area is 77.5 Å². The molecule has 2 N–H and O–H groups in total. The van der Waals surface area contributed by atoms with E-state index in [-0.39, 0.29) is 11.9 Å². The van der Waals surface area contributed by atoms with Crippen molar-refractivity contribution in [3.63, 3.8) is 0 Å². The second kappa shape index (κ2) is 4.36. The van der Waals surface area contributed by atoms with Gasteiger partial charge in [0, 0.05) is 6.20 Å². The maximum absolute atomic E-state index is 11.4. The molecule has 0 spiro atoms. The van der Waals surface area contributed by atoms with Gasteiger partial charge < -0.3 is 10.3 Å². The van der Waals surface area contributed by atoms with E-state index in [1.54, 1.807) is 18.3 Å². The highest BCUT2D eigenvalue weighted by molar-refractivity contribution is 5.92. The fourth-order valence-electron chi connectivity index (χ4n) is 0.969. The van der Waals surface area contributed by atoms with Gasteiger partial charge in [-0.2, -0.15) is 0 Å². The van der Waals surface area contributed by atoms with Crippen molar-refractivity contribution in [2.45, 2.75) is 19.4 Å². The first kappa shape index (κ1) is 9.40. The SMILES string of the molecule is C#CC(CC)NC(=O)c1ccc[nH]1. The van der Waals surface area contributed by atoms with Gasteiger partial charge in [0.15, 0.2) is 0 Å². The van der Waals surface area contributed by atoms with E-state index in [1.807, 2.05) is 6.92 Å². The predicted octanol–water partition coefficient (Wildman–Crippen LogP) is 1.16. The Morgan fingerprint density at radius 3 is 3.08 bits per heavy atom. The summed E-state index contributed by atoms with van der Waals surface area (Å²) in [5, 5.41) is 2.71. The molecule has 1 aromatic rings. The number of carbonyl (C=O) groups is 1. The van der Waals surface area contributed by atoms with Crippen LogP contribution in [0.5, 0.6) is 0 Å². The Morgan fingerprint density at radius 1 is 1.85 bits per heavy atom. The van der Waals surface area contributed by atoms with Gasteiger partial charge in [-0.05, 0) is 18.6 Å². The van der Waals surface area contributed by atoms with Gasteiger partial charge in [-0.3, -0.25) is 4.79 Å². The normalized spacial score (nSPS) is 11.7. The Balaban J connectivity index is 2.57. The maximum atomic E-state index is 11.4. The lowest BCUT2D eigenvalue weighted by Crippen LogP contribution is -2.33. The van der Waals surface area contributed by atoms with Gasteiger partial charge in [-0.25, -0.2) is 0 Å². The molecule has 0 saturated heterocycles. The Morgan fingerprint density at radius 2 is 2.62 bits per heavy atom. The lowest BCUT2D eigenvalue weighted by molar-refractivity contribution is 0.0940. The van der Waals surface area contributed by atoms with E-state index in [1.165, 1.54) is 0 Å². The first-order valence-electron chi connectivity index (χ1n) is 4.18. The van der Waals surface area contributed by atoms with Crippen LogP contribution >= 0.6 is 0 Å². The van der Waals surface area contributed by atoms with Crippen LogP contribution < -0.4 is 5.32 Å². The third kappa shape index (κ3) is 2.38. The number of hydrogen-bond acceptors (Lipinski definition) is 1. The molecular weight excluding hydrogens is 164 g/mol. The van der Waals surface area contributed by atoms with Crippen LogP contribution in [0.2, 0.25) is 0 Å². The van der Waals surface area contributed by atoms with Gasteiger partial charge in [0.1, 0.15) is 5.69 Å². The lowest BCUT2D eigenvalue weighted by Gasteiger charge is -2.08. The van der Waals surface area contributed by atoms with Crippen molar-refractivity contribution in [2.75, 3.05) is 0 Å². The topological polar surface area (TPSA) is 44.9 Å². The summed E-state index contributed by atoms with van der Waals surface area (Å²) < 4.78 is 0. The van der Waals surface area contributed by atoms with Crippen LogP contribution in [-0.2, 0) is 0 Å². The summed E-state index contributed by atoms with van der Waals surface area (Å²) in [6.45, 7) is 1.93. The second-order valence-electron chi connectivity index (χ2n) is 2.68. The summed E-state index contributed by atoms with van der Waals surface area (Å²) in [4.78, 5) is 14.2. The molecule has 0 saturated carbocycles. The Kier molecular flexibility index (Phi) is 3.15. The highest BCUT2D eigenvalue weighted by Crippen LogP contribution is 1.96. The summed E-state index contributed by atoms with van der Waals surface area (Å²) >= 11 is 0. The largest absolute Gasteiger partial charge is 0.357 e. The van der Waals surface area contributed by atoms with Gasteiger partial charge in [0.25, 0.3) is 5.91 Å². The van der Waals surface area contributed by atoms with Crippen LogP contribution in [0.4, 0.5) is 0 Å². The molecule has 1 aromatic heterocycles. The molecule has 1 atom stereocenters. The molecule has 1 rings (SSSR count). The molecule has 13 heavy (non-hydrogen) atoms. The molecule has 68 valence electrons. The average Bonchev–Trinajstić information content (AvgIpc) is 2.66. The smallest absolute Gasteiger partial charge is 0.268 e. The zero-order valence-electron chi connectivity index (χ0n) is 7.50. The summed E-state index contributed by atoms with van der Waals surface area (Å²) in [7, 11) is 0. The second-order valence-corrected chi connectivity index (χ2v) is 2.68. The molecule has 1 heterocycles. The van der Waals surface area contributed by atoms with E-state index in [2.05, 4.69) is 16.2 Å². The van der Waals surface area contributed by atoms with E-state index >= 15 is 0 Å². The minimum atomic E-state index is -0.184. The molecule has 0 fully saturated rings. The third-order valence-electron chi connectivity index (χ3n) is 1.76. The molecule has 0 radical (unpaired) electrons. The van der Waals surface area contributed by atoms with E-state index < -0.39 is 0 Å². The predicted molar refractivity (Wildman–Crippen MR) is 51.2 cm³/mol. The number of H-pyrrole nitrogens is 1. The number of amides is 1. The monoisotopic (exact) mass is 176 g/mol. The van der Waals surface area contributed by atoms with Crippen molar-refractivity contribution in [1.29, 1.82) is 0 Å². The van der Waals surface area contributed by atoms with Gasteiger partial charge in [-0.1, -0.05) is 12.8 Å². The third-order valence-corrected chi connectivity index (χ3v) is 1.76. The van der Waals surface area contributed by atoms with Crippen molar-refractivity contribution in [1.82, 2.24) is 10.3 Å². The zero-order valence-corrected chi connectivity index (χ0v) is 7.50. The van der Waals surface area contributed by atoms with Crippen LogP contribution in [-0.4, -0.2) is 16.9 Å². The molecule has 0 bridgehead atoms. The molecule has 3 heteroatoms. The number of aromatic amines is 1. The highest BCUT2D eigenvalue weighted by atomic mass is 16.1. The molecule has 3 nitrogen and oxygen atoms in total. The van der Waals surface area contributed by atoms with Crippen LogP contribution in [0.3, 0.4) is 0 Å². The molecule has 0 aliphatic heterocycles. The minimum absolute atomic E-state index is 0.158. The average molecular weight is 176 g/mol. The van der Waals surface area contributed by atoms with Crippen LogP contribution in [0.1, 0.15) is 23.8 Å². The molecule has 1 unspecified atom stereocenters. The van der Waals surface area contributed by atoms with Crippen LogP contribution in [0.15, 0.2) is 18.3 Å². The van der Waals surface area contributed by atoms with Crippen LogP contribution in [0.25, 0.3) is 0 Å². The summed E-state index contributed by atoms with van der Waals surface area (Å²) in [6, 6.07) is 3.29. The molecule has 1 amide bonds. The number of rotatable bonds is 3. The quantitative estimate of drug-likeness (QED) is 0.667. The number of hydrogen-bond donors (Lipinski definition) is 2. The number of carbonyl (C=O) groups excluding carboxylic acids is 1. The summed E-state index contributed by atoms with van der Waals surface area (Å²) in [5.41, 5.74) is 0.536. The lowest BCUT2D eigenvalue weighted by atomic mass is 10.2. The van der Waals surface area contributed by atoms with Crippen molar-refractivity contribution in [3.05, 3.63) is 24.0 Å². The van der Waals surface area contributed by atoms with Crippen molar-refractivity contribution < 1.29 is 4.79 Å². The van der Waals surface area contributed by atoms with Crippen molar-refractivity contribution in [2.24, 2.45) is 0 Å². The first-order chi connectivity index (χ1) is 6.27. The van der Waals surface area contributed by atoms with Gasteiger partial charge in [-0.15, -0.1) is 6.42 Å². The Bertz CT molecular complexity index is 308.